The molecule has 0 fully saturated rings. The largest absolute Gasteiger partial charge is 0.493 e. The molecule has 150 valence electrons. The zero-order chi connectivity index (χ0) is 20.4. The first-order valence-corrected chi connectivity index (χ1v) is 10.5. The first kappa shape index (κ1) is 20.4. The zero-order valence-electron chi connectivity index (χ0n) is 17.4. The van der Waals surface area contributed by atoms with Crippen LogP contribution in [0.2, 0.25) is 0 Å². The van der Waals surface area contributed by atoms with Gasteiger partial charge in [-0.05, 0) is 52.8 Å². The molecule has 6 heteroatoms. The summed E-state index contributed by atoms with van der Waals surface area (Å²) in [5, 5.41) is 1.02. The maximum Gasteiger partial charge on any atom is 0.246 e. The van der Waals surface area contributed by atoms with Gasteiger partial charge in [0.1, 0.15) is 17.6 Å². The Bertz CT molecular complexity index is 903. The molecule has 2 aromatic rings. The molecule has 1 amide bonds. The first-order valence-electron chi connectivity index (χ1n) is 9.65. The number of carbonyl (C=O) groups excluding carboxylic acids is 1. The number of carbonyl (C=O) groups is 1. The molecule has 0 saturated carbocycles. The molecule has 2 atom stereocenters. The van der Waals surface area contributed by atoms with E-state index in [1.54, 1.807) is 22.3 Å². The molecule has 0 bridgehead atoms. The Labute approximate surface area is 171 Å². The number of nitrogens with zero attached hydrogens (tertiary/aromatic N) is 2. The minimum Gasteiger partial charge on any atom is -0.493 e. The number of hydrogen-bond donors (Lipinski definition) is 0. The molecule has 3 rings (SSSR count). The zero-order valence-corrected chi connectivity index (χ0v) is 18.2. The van der Waals surface area contributed by atoms with Crippen LogP contribution in [-0.4, -0.2) is 35.5 Å². The quantitative estimate of drug-likeness (QED) is 0.659. The first-order chi connectivity index (χ1) is 13.3. The number of benzene rings is 1. The van der Waals surface area contributed by atoms with Crippen molar-refractivity contribution in [1.82, 2.24) is 9.88 Å². The Morgan fingerprint density at radius 2 is 2.21 bits per heavy atom. The monoisotopic (exact) mass is 400 g/mol. The number of rotatable bonds is 6. The van der Waals surface area contributed by atoms with Gasteiger partial charge in [0.2, 0.25) is 5.91 Å². The molecule has 0 aliphatic carbocycles. The highest BCUT2D eigenvalue weighted by Crippen LogP contribution is 2.36. The van der Waals surface area contributed by atoms with Crippen LogP contribution < -0.4 is 9.47 Å². The van der Waals surface area contributed by atoms with Crippen molar-refractivity contribution < 1.29 is 14.3 Å². The molecule has 28 heavy (non-hydrogen) atoms. The molecule has 1 aromatic carbocycles. The molecule has 1 aliphatic heterocycles. The van der Waals surface area contributed by atoms with Crippen molar-refractivity contribution in [3.05, 3.63) is 44.9 Å². The molecule has 0 saturated heterocycles. The summed E-state index contributed by atoms with van der Waals surface area (Å²) in [6.07, 6.45) is 4.46. The number of ether oxygens (including phenoxy) is 2. The van der Waals surface area contributed by atoms with Gasteiger partial charge >= 0.3 is 0 Å². The molecule has 5 nitrogen and oxygen atoms in total. The summed E-state index contributed by atoms with van der Waals surface area (Å²) in [5.74, 6) is 1.60. The van der Waals surface area contributed by atoms with E-state index in [0.29, 0.717) is 6.61 Å². The van der Waals surface area contributed by atoms with Crippen LogP contribution in [0, 0.1) is 13.8 Å². The maximum atomic E-state index is 12.8. The highest BCUT2D eigenvalue weighted by molar-refractivity contribution is 7.11. The van der Waals surface area contributed by atoms with E-state index in [-0.39, 0.29) is 18.1 Å². The number of aromatic nitrogens is 1. The van der Waals surface area contributed by atoms with Crippen LogP contribution in [-0.2, 0) is 11.2 Å². The van der Waals surface area contributed by atoms with Crippen molar-refractivity contribution in [2.24, 2.45) is 0 Å². The lowest BCUT2D eigenvalue weighted by molar-refractivity contribution is -0.126. The Morgan fingerprint density at radius 3 is 2.86 bits per heavy atom. The number of likely N-dealkylation sites (N-methyl/N-ethyl adjacent to an activating group) is 1. The van der Waals surface area contributed by atoms with Gasteiger partial charge in [-0.1, -0.05) is 0 Å². The van der Waals surface area contributed by atoms with Crippen molar-refractivity contribution in [3.63, 3.8) is 0 Å². The highest BCUT2D eigenvalue weighted by Gasteiger charge is 2.22. The van der Waals surface area contributed by atoms with Gasteiger partial charge in [-0.15, -0.1) is 11.3 Å². The van der Waals surface area contributed by atoms with Crippen LogP contribution in [0.25, 0.3) is 6.08 Å². The van der Waals surface area contributed by atoms with Crippen LogP contribution >= 0.6 is 11.3 Å². The second kappa shape index (κ2) is 8.35. The highest BCUT2D eigenvalue weighted by atomic mass is 32.1. The Hall–Kier alpha value is -2.34. The Balaban J connectivity index is 1.80. The van der Waals surface area contributed by atoms with Crippen molar-refractivity contribution in [1.29, 1.82) is 0 Å². The Morgan fingerprint density at radius 1 is 1.46 bits per heavy atom. The van der Waals surface area contributed by atoms with Gasteiger partial charge in [0.15, 0.2) is 0 Å². The van der Waals surface area contributed by atoms with Crippen LogP contribution in [0.4, 0.5) is 0 Å². The molecule has 0 spiro atoms. The van der Waals surface area contributed by atoms with Gasteiger partial charge in [-0.25, -0.2) is 4.98 Å². The predicted molar refractivity (Wildman–Crippen MR) is 113 cm³/mol. The second-order valence-corrected chi connectivity index (χ2v) is 8.44. The van der Waals surface area contributed by atoms with Gasteiger partial charge < -0.3 is 14.4 Å². The average Bonchev–Trinajstić information content (AvgIpc) is 3.18. The summed E-state index contributed by atoms with van der Waals surface area (Å²) in [7, 11) is 1.82. The van der Waals surface area contributed by atoms with Gasteiger partial charge in [0, 0.05) is 35.5 Å². The topological polar surface area (TPSA) is 51.7 Å². The van der Waals surface area contributed by atoms with Gasteiger partial charge in [0.05, 0.1) is 23.4 Å². The van der Waals surface area contributed by atoms with Crippen LogP contribution in [0.5, 0.6) is 11.5 Å². The van der Waals surface area contributed by atoms with Gasteiger partial charge in [0.25, 0.3) is 0 Å². The summed E-state index contributed by atoms with van der Waals surface area (Å²) in [6, 6.07) is 3.97. The van der Waals surface area contributed by atoms with Crippen LogP contribution in [0.3, 0.4) is 0 Å². The minimum absolute atomic E-state index is 0.0288. The van der Waals surface area contributed by atoms with E-state index in [2.05, 4.69) is 11.9 Å². The second-order valence-electron chi connectivity index (χ2n) is 7.20. The van der Waals surface area contributed by atoms with Crippen LogP contribution in [0.1, 0.15) is 53.5 Å². The molecule has 1 aromatic heterocycles. The lowest BCUT2D eigenvalue weighted by Gasteiger charge is -2.23. The maximum absolute atomic E-state index is 12.8. The third-order valence-corrected chi connectivity index (χ3v) is 6.22. The minimum atomic E-state index is -0.0600. The van der Waals surface area contributed by atoms with Crippen LogP contribution in [0.15, 0.2) is 18.2 Å². The molecule has 0 N–H and O–H groups in total. The molecular formula is C22H28N2O3S. The van der Waals surface area contributed by atoms with Crippen molar-refractivity contribution in [2.45, 2.75) is 53.2 Å². The molecule has 2 heterocycles. The smallest absolute Gasteiger partial charge is 0.246 e. The van der Waals surface area contributed by atoms with E-state index in [1.807, 2.05) is 53.0 Å². The average molecular weight is 401 g/mol. The summed E-state index contributed by atoms with van der Waals surface area (Å²) in [6.45, 7) is 10.6. The lowest BCUT2D eigenvalue weighted by Crippen LogP contribution is -2.27. The molecule has 2 unspecified atom stereocenters. The van der Waals surface area contributed by atoms with E-state index in [0.717, 1.165) is 44.6 Å². The van der Waals surface area contributed by atoms with E-state index >= 15 is 0 Å². The molecule has 0 radical (unpaired) electrons. The summed E-state index contributed by atoms with van der Waals surface area (Å²) >= 11 is 1.64. The lowest BCUT2D eigenvalue weighted by atomic mass is 10.1. The summed E-state index contributed by atoms with van der Waals surface area (Å²) < 4.78 is 11.6. The third kappa shape index (κ3) is 4.22. The number of hydrogen-bond acceptors (Lipinski definition) is 5. The predicted octanol–water partition coefficient (Wildman–Crippen LogP) is 4.71. The van der Waals surface area contributed by atoms with E-state index in [9.17, 15) is 4.79 Å². The van der Waals surface area contributed by atoms with E-state index in [1.165, 1.54) is 0 Å². The molecule has 1 aliphatic rings. The molecular weight excluding hydrogens is 372 g/mol. The summed E-state index contributed by atoms with van der Waals surface area (Å²) in [4.78, 5) is 20.1. The van der Waals surface area contributed by atoms with Crippen molar-refractivity contribution >= 4 is 23.3 Å². The van der Waals surface area contributed by atoms with Gasteiger partial charge in [-0.3, -0.25) is 4.79 Å². The normalized spacial score (nSPS) is 16.7. The third-order valence-electron chi connectivity index (χ3n) is 4.98. The van der Waals surface area contributed by atoms with E-state index in [4.69, 9.17) is 9.47 Å². The van der Waals surface area contributed by atoms with Gasteiger partial charge in [-0.2, -0.15) is 0 Å². The van der Waals surface area contributed by atoms with Crippen molar-refractivity contribution in [2.75, 3.05) is 13.7 Å². The number of aryl methyl sites for hydroxylation is 2. The Kier molecular flexibility index (Phi) is 6.08. The standard InChI is InChI=1S/C22H28N2O3S/c1-7-26-19-12-18-10-13(2)27-20(18)11-17(19)8-9-21(25)24(6)15(4)22-14(3)23-16(5)28-22/h8-9,11-13,15H,7,10H2,1-6H3. The fourth-order valence-electron chi connectivity index (χ4n) is 3.45. The number of thiazole rings is 1. The fraction of sp³-hybridized carbons (Fsp3) is 0.455. The summed E-state index contributed by atoms with van der Waals surface area (Å²) in [5.41, 5.74) is 3.00. The number of amides is 1. The SMILES string of the molecule is CCOc1cc2c(cc1C=CC(=O)N(C)C(C)c1sc(C)nc1C)OC(C)C2. The van der Waals surface area contributed by atoms with E-state index < -0.39 is 0 Å². The number of fused-ring (bicyclic) bond motifs is 1. The van der Waals surface area contributed by atoms with Crippen molar-refractivity contribution in [3.8, 4) is 11.5 Å². The fourth-order valence-corrected chi connectivity index (χ4v) is 4.47.